The molecule has 2 aromatic rings. The molecule has 0 saturated carbocycles. The van der Waals surface area contributed by atoms with E-state index in [-0.39, 0.29) is 11.6 Å². The lowest BCUT2D eigenvalue weighted by molar-refractivity contribution is -0.115. The van der Waals surface area contributed by atoms with Gasteiger partial charge < -0.3 is 0 Å². The van der Waals surface area contributed by atoms with Gasteiger partial charge in [0.05, 0.1) is 0 Å². The van der Waals surface area contributed by atoms with E-state index < -0.39 is 0 Å². The molecule has 0 aliphatic heterocycles. The van der Waals surface area contributed by atoms with E-state index >= 15 is 0 Å². The highest BCUT2D eigenvalue weighted by Crippen LogP contribution is 2.27. The summed E-state index contributed by atoms with van der Waals surface area (Å²) in [6.07, 6.45) is 1.02. The van der Waals surface area contributed by atoms with E-state index in [1.54, 1.807) is 23.9 Å². The zero-order valence-corrected chi connectivity index (χ0v) is 12.2. The molecule has 0 aromatic heterocycles. The van der Waals surface area contributed by atoms with E-state index in [2.05, 4.69) is 0 Å². The zero-order chi connectivity index (χ0) is 14.4. The third-order valence-electron chi connectivity index (χ3n) is 2.83. The van der Waals surface area contributed by atoms with Crippen LogP contribution in [0.2, 0.25) is 0 Å². The van der Waals surface area contributed by atoms with Gasteiger partial charge in [-0.25, -0.2) is 0 Å². The SMILES string of the molecule is CCCC(=O)C(=O)c1ccc(Sc2ccccc2)cc1. The standard InChI is InChI=1S/C17H16O2S/c1-2-6-16(18)17(19)13-9-11-15(12-10-13)20-14-7-4-3-5-8-14/h3-5,7-12H,2,6H2,1H3. The Bertz CT molecular complexity index is 588. The second-order valence-electron chi connectivity index (χ2n) is 4.44. The summed E-state index contributed by atoms with van der Waals surface area (Å²) in [6, 6.07) is 17.2. The first-order valence-electron chi connectivity index (χ1n) is 6.61. The van der Waals surface area contributed by atoms with Gasteiger partial charge in [0.25, 0.3) is 0 Å². The van der Waals surface area contributed by atoms with Gasteiger partial charge in [0, 0.05) is 21.8 Å². The molecule has 20 heavy (non-hydrogen) atoms. The molecule has 0 fully saturated rings. The molecule has 2 rings (SSSR count). The van der Waals surface area contributed by atoms with Crippen molar-refractivity contribution in [2.75, 3.05) is 0 Å². The number of benzene rings is 2. The molecule has 0 heterocycles. The van der Waals surface area contributed by atoms with E-state index in [1.807, 2.05) is 49.4 Å². The number of rotatable bonds is 6. The summed E-state index contributed by atoms with van der Waals surface area (Å²) in [5, 5.41) is 0. The van der Waals surface area contributed by atoms with Crippen molar-refractivity contribution in [1.82, 2.24) is 0 Å². The van der Waals surface area contributed by atoms with Crippen molar-refractivity contribution in [3.63, 3.8) is 0 Å². The summed E-state index contributed by atoms with van der Waals surface area (Å²) in [5.74, 6) is -0.695. The molecule has 0 spiro atoms. The monoisotopic (exact) mass is 284 g/mol. The number of Topliss-reactive ketones (excluding diaryl/α,β-unsaturated/α-hetero) is 2. The van der Waals surface area contributed by atoms with E-state index in [0.717, 1.165) is 9.79 Å². The van der Waals surface area contributed by atoms with Crippen LogP contribution in [0, 0.1) is 0 Å². The maximum Gasteiger partial charge on any atom is 0.228 e. The highest BCUT2D eigenvalue weighted by atomic mass is 32.2. The summed E-state index contributed by atoms with van der Waals surface area (Å²) in [7, 11) is 0. The largest absolute Gasteiger partial charge is 0.290 e. The second-order valence-corrected chi connectivity index (χ2v) is 5.59. The van der Waals surface area contributed by atoms with Crippen LogP contribution in [0.4, 0.5) is 0 Å². The van der Waals surface area contributed by atoms with Crippen molar-refractivity contribution in [2.24, 2.45) is 0 Å². The summed E-state index contributed by atoms with van der Waals surface area (Å²) in [4.78, 5) is 25.6. The van der Waals surface area contributed by atoms with Crippen molar-refractivity contribution < 1.29 is 9.59 Å². The predicted octanol–water partition coefficient (Wildman–Crippen LogP) is 4.39. The van der Waals surface area contributed by atoms with Crippen LogP contribution in [-0.4, -0.2) is 11.6 Å². The summed E-state index contributed by atoms with van der Waals surface area (Å²) < 4.78 is 0. The van der Waals surface area contributed by atoms with Crippen LogP contribution in [-0.2, 0) is 4.79 Å². The van der Waals surface area contributed by atoms with Crippen molar-refractivity contribution in [3.05, 3.63) is 60.2 Å². The van der Waals surface area contributed by atoms with Gasteiger partial charge in [0.2, 0.25) is 11.6 Å². The van der Waals surface area contributed by atoms with E-state index in [1.165, 1.54) is 0 Å². The average molecular weight is 284 g/mol. The molecule has 0 bridgehead atoms. The Morgan fingerprint density at radius 1 is 0.900 bits per heavy atom. The number of hydrogen-bond donors (Lipinski definition) is 0. The fourth-order valence-corrected chi connectivity index (χ4v) is 2.64. The van der Waals surface area contributed by atoms with Crippen LogP contribution in [0.3, 0.4) is 0 Å². The molecule has 2 nitrogen and oxygen atoms in total. The Morgan fingerprint density at radius 3 is 2.10 bits per heavy atom. The number of carbonyl (C=O) groups excluding carboxylic acids is 2. The van der Waals surface area contributed by atoms with Crippen LogP contribution in [0.25, 0.3) is 0 Å². The van der Waals surface area contributed by atoms with Crippen LogP contribution >= 0.6 is 11.8 Å². The van der Waals surface area contributed by atoms with Gasteiger partial charge in [-0.2, -0.15) is 0 Å². The van der Waals surface area contributed by atoms with Gasteiger partial charge in [-0.3, -0.25) is 9.59 Å². The summed E-state index contributed by atoms with van der Waals surface area (Å²) in [6.45, 7) is 1.89. The first kappa shape index (κ1) is 14.5. The van der Waals surface area contributed by atoms with Crippen molar-refractivity contribution in [2.45, 2.75) is 29.6 Å². The van der Waals surface area contributed by atoms with Gasteiger partial charge in [-0.05, 0) is 42.8 Å². The molecule has 0 radical (unpaired) electrons. The number of hydrogen-bond acceptors (Lipinski definition) is 3. The number of carbonyl (C=O) groups is 2. The van der Waals surface area contributed by atoms with Crippen molar-refractivity contribution in [1.29, 1.82) is 0 Å². The molecular weight excluding hydrogens is 268 g/mol. The Balaban J connectivity index is 2.07. The third kappa shape index (κ3) is 3.81. The van der Waals surface area contributed by atoms with Crippen LogP contribution < -0.4 is 0 Å². The first-order valence-corrected chi connectivity index (χ1v) is 7.43. The topological polar surface area (TPSA) is 34.1 Å². The minimum atomic E-state index is -0.386. The van der Waals surface area contributed by atoms with Gasteiger partial charge in [0.15, 0.2) is 0 Å². The maximum atomic E-state index is 11.8. The lowest BCUT2D eigenvalue weighted by atomic mass is 10.0. The van der Waals surface area contributed by atoms with Gasteiger partial charge >= 0.3 is 0 Å². The smallest absolute Gasteiger partial charge is 0.228 e. The molecule has 0 aliphatic carbocycles. The van der Waals surface area contributed by atoms with Crippen LogP contribution in [0.1, 0.15) is 30.1 Å². The summed E-state index contributed by atoms with van der Waals surface area (Å²) >= 11 is 1.63. The Hall–Kier alpha value is -1.87. The van der Waals surface area contributed by atoms with E-state index in [0.29, 0.717) is 18.4 Å². The average Bonchev–Trinajstić information content (AvgIpc) is 2.48. The minimum Gasteiger partial charge on any atom is -0.290 e. The third-order valence-corrected chi connectivity index (χ3v) is 3.84. The van der Waals surface area contributed by atoms with Gasteiger partial charge in [0.1, 0.15) is 0 Å². The molecule has 0 unspecified atom stereocenters. The number of ketones is 2. The molecular formula is C17H16O2S. The summed E-state index contributed by atoms with van der Waals surface area (Å²) in [5.41, 5.74) is 0.473. The molecule has 0 atom stereocenters. The van der Waals surface area contributed by atoms with Crippen LogP contribution in [0.15, 0.2) is 64.4 Å². The Labute approximate surface area is 123 Å². The van der Waals surface area contributed by atoms with Crippen LogP contribution in [0.5, 0.6) is 0 Å². The molecule has 0 amide bonds. The van der Waals surface area contributed by atoms with Gasteiger partial charge in [-0.15, -0.1) is 0 Å². The molecule has 0 aliphatic rings. The molecule has 102 valence electrons. The maximum absolute atomic E-state index is 11.8. The highest BCUT2D eigenvalue weighted by Gasteiger charge is 2.14. The zero-order valence-electron chi connectivity index (χ0n) is 11.3. The second kappa shape index (κ2) is 7.06. The molecule has 2 aromatic carbocycles. The molecule has 0 N–H and O–H groups in total. The Kier molecular flexibility index (Phi) is 5.13. The van der Waals surface area contributed by atoms with Gasteiger partial charge in [-0.1, -0.05) is 36.9 Å². The van der Waals surface area contributed by atoms with E-state index in [4.69, 9.17) is 0 Å². The first-order chi connectivity index (χ1) is 9.70. The minimum absolute atomic E-state index is 0.309. The van der Waals surface area contributed by atoms with Crippen molar-refractivity contribution >= 4 is 23.3 Å². The lowest BCUT2D eigenvalue weighted by Gasteiger charge is -2.03. The van der Waals surface area contributed by atoms with Crippen molar-refractivity contribution in [3.8, 4) is 0 Å². The Morgan fingerprint density at radius 2 is 1.50 bits per heavy atom. The normalized spacial score (nSPS) is 10.2. The quantitative estimate of drug-likeness (QED) is 0.583. The lowest BCUT2D eigenvalue weighted by Crippen LogP contribution is -2.13. The highest BCUT2D eigenvalue weighted by molar-refractivity contribution is 7.99. The molecule has 0 saturated heterocycles. The van der Waals surface area contributed by atoms with E-state index in [9.17, 15) is 9.59 Å². The predicted molar refractivity (Wildman–Crippen MR) is 81.3 cm³/mol. The fraction of sp³-hybridized carbons (Fsp3) is 0.176. The molecule has 3 heteroatoms. The fourth-order valence-electron chi connectivity index (χ4n) is 1.80.